The number of amides is 1. The van der Waals surface area contributed by atoms with Crippen molar-refractivity contribution in [3.63, 3.8) is 0 Å². The van der Waals surface area contributed by atoms with Crippen LogP contribution < -0.4 is 10.2 Å². The highest BCUT2D eigenvalue weighted by Crippen LogP contribution is 2.38. The molecule has 0 saturated heterocycles. The molecule has 9 nitrogen and oxygen atoms in total. The fourth-order valence-electron chi connectivity index (χ4n) is 8.84. The first-order valence-corrected chi connectivity index (χ1v) is 32.7. The minimum atomic E-state index is -4.70. The van der Waals surface area contributed by atoms with Crippen LogP contribution in [0.1, 0.15) is 278 Å². The molecule has 0 aliphatic rings. The summed E-state index contributed by atoms with van der Waals surface area (Å²) in [5.74, 6) is -0.548. The van der Waals surface area contributed by atoms with Crippen LogP contribution in [0.5, 0.6) is 0 Å². The largest absolute Gasteiger partial charge is 0.756 e. The van der Waals surface area contributed by atoms with Gasteiger partial charge in [-0.3, -0.25) is 14.2 Å². The Bertz CT molecular complexity index is 1510. The van der Waals surface area contributed by atoms with Crippen LogP contribution in [0.15, 0.2) is 72.9 Å². The summed E-state index contributed by atoms with van der Waals surface area (Å²) < 4.78 is 30.3. The molecular formula is C65H119N2O7P. The number of hydrogen-bond donors (Lipinski definition) is 1. The molecule has 75 heavy (non-hydrogen) atoms. The van der Waals surface area contributed by atoms with Crippen molar-refractivity contribution < 1.29 is 37.3 Å². The molecule has 436 valence electrons. The predicted molar refractivity (Wildman–Crippen MR) is 321 cm³/mol. The van der Waals surface area contributed by atoms with Crippen LogP contribution in [0.4, 0.5) is 0 Å². The molecule has 1 amide bonds. The Morgan fingerprint density at radius 1 is 0.480 bits per heavy atom. The van der Waals surface area contributed by atoms with Crippen LogP contribution >= 0.6 is 7.82 Å². The number of likely N-dealkylation sites (N-methyl/N-ethyl adjacent to an activating group) is 1. The molecule has 0 spiro atoms. The smallest absolute Gasteiger partial charge is 0.306 e. The quantitative estimate of drug-likeness (QED) is 0.0212. The van der Waals surface area contributed by atoms with Gasteiger partial charge in [-0.15, -0.1) is 0 Å². The number of quaternary nitrogens is 1. The second-order valence-electron chi connectivity index (χ2n) is 22.2. The molecule has 0 aliphatic carbocycles. The molecule has 0 saturated carbocycles. The Morgan fingerprint density at radius 2 is 0.853 bits per heavy atom. The van der Waals surface area contributed by atoms with Crippen LogP contribution in [0.2, 0.25) is 0 Å². The van der Waals surface area contributed by atoms with E-state index in [4.69, 9.17) is 13.8 Å². The minimum Gasteiger partial charge on any atom is -0.756 e. The van der Waals surface area contributed by atoms with Gasteiger partial charge in [-0.1, -0.05) is 261 Å². The van der Waals surface area contributed by atoms with Crippen molar-refractivity contribution in [1.29, 1.82) is 0 Å². The highest BCUT2D eigenvalue weighted by Gasteiger charge is 2.27. The Balaban J connectivity index is 5.24. The third-order valence-electron chi connectivity index (χ3n) is 13.7. The van der Waals surface area contributed by atoms with Crippen molar-refractivity contribution in [3.8, 4) is 0 Å². The number of ether oxygens (including phenoxy) is 1. The van der Waals surface area contributed by atoms with Crippen molar-refractivity contribution >= 4 is 19.7 Å². The Morgan fingerprint density at radius 3 is 1.28 bits per heavy atom. The fraction of sp³-hybridized carbons (Fsp3) is 0.785. The average Bonchev–Trinajstić information content (AvgIpc) is 3.37. The summed E-state index contributed by atoms with van der Waals surface area (Å²) in [6.45, 7) is 6.73. The summed E-state index contributed by atoms with van der Waals surface area (Å²) in [6.07, 6.45) is 70.0. The van der Waals surface area contributed by atoms with Gasteiger partial charge in [-0.2, -0.15) is 0 Å². The van der Waals surface area contributed by atoms with Gasteiger partial charge < -0.3 is 28.5 Å². The van der Waals surface area contributed by atoms with Crippen LogP contribution in [-0.2, 0) is 27.9 Å². The highest BCUT2D eigenvalue weighted by molar-refractivity contribution is 7.45. The Hall–Kier alpha value is -2.55. The van der Waals surface area contributed by atoms with E-state index < -0.39 is 26.6 Å². The molecule has 1 N–H and O–H groups in total. The second kappa shape index (κ2) is 54.8. The van der Waals surface area contributed by atoms with Gasteiger partial charge in [0, 0.05) is 12.8 Å². The van der Waals surface area contributed by atoms with Gasteiger partial charge >= 0.3 is 5.97 Å². The molecule has 0 radical (unpaired) electrons. The summed E-state index contributed by atoms with van der Waals surface area (Å²) in [6, 6.07) is -0.893. The zero-order valence-corrected chi connectivity index (χ0v) is 50.6. The van der Waals surface area contributed by atoms with E-state index >= 15 is 0 Å². The molecule has 0 fully saturated rings. The normalized spacial score (nSPS) is 14.2. The number of carbonyl (C=O) groups excluding carboxylic acids is 2. The number of rotatable bonds is 56. The topological polar surface area (TPSA) is 114 Å². The third-order valence-corrected chi connectivity index (χ3v) is 14.6. The van der Waals surface area contributed by atoms with Crippen molar-refractivity contribution in [2.75, 3.05) is 40.9 Å². The maximum atomic E-state index is 13.5. The van der Waals surface area contributed by atoms with Crippen LogP contribution in [0.25, 0.3) is 0 Å². The number of esters is 1. The number of hydrogen-bond acceptors (Lipinski definition) is 7. The van der Waals surface area contributed by atoms with Gasteiger partial charge in [-0.25, -0.2) is 0 Å². The second-order valence-corrected chi connectivity index (χ2v) is 23.6. The first-order valence-electron chi connectivity index (χ1n) is 31.2. The number of phosphoric ester groups is 1. The van der Waals surface area contributed by atoms with Crippen molar-refractivity contribution in [2.24, 2.45) is 0 Å². The molecule has 0 rings (SSSR count). The van der Waals surface area contributed by atoms with Gasteiger partial charge in [-0.05, 0) is 76.7 Å². The Labute approximate surface area is 463 Å². The predicted octanol–water partition coefficient (Wildman–Crippen LogP) is 18.6. The molecule has 0 aliphatic heterocycles. The first kappa shape index (κ1) is 72.5. The molecule has 3 atom stereocenters. The monoisotopic (exact) mass is 1070 g/mol. The van der Waals surface area contributed by atoms with E-state index in [0.717, 1.165) is 103 Å². The zero-order chi connectivity index (χ0) is 55.0. The van der Waals surface area contributed by atoms with Crippen molar-refractivity contribution in [2.45, 2.75) is 290 Å². The lowest BCUT2D eigenvalue weighted by molar-refractivity contribution is -0.870. The van der Waals surface area contributed by atoms with E-state index in [1.54, 1.807) is 0 Å². The zero-order valence-electron chi connectivity index (χ0n) is 49.7. The van der Waals surface area contributed by atoms with E-state index in [1.165, 1.54) is 141 Å². The summed E-state index contributed by atoms with van der Waals surface area (Å²) in [5.41, 5.74) is 0. The van der Waals surface area contributed by atoms with Gasteiger partial charge in [0.05, 0.1) is 33.8 Å². The minimum absolute atomic E-state index is 0.0251. The van der Waals surface area contributed by atoms with E-state index in [0.29, 0.717) is 17.4 Å². The van der Waals surface area contributed by atoms with Crippen molar-refractivity contribution in [1.82, 2.24) is 5.32 Å². The number of phosphoric acid groups is 1. The summed E-state index contributed by atoms with van der Waals surface area (Å²) in [7, 11) is 1.18. The van der Waals surface area contributed by atoms with Crippen LogP contribution in [-0.4, -0.2) is 69.4 Å². The highest BCUT2D eigenvalue weighted by atomic mass is 31.2. The number of allylic oxidation sites excluding steroid dienone is 11. The third kappa shape index (κ3) is 56.0. The van der Waals surface area contributed by atoms with Gasteiger partial charge in [0.15, 0.2) is 0 Å². The lowest BCUT2D eigenvalue weighted by Crippen LogP contribution is -2.47. The van der Waals surface area contributed by atoms with E-state index in [1.807, 2.05) is 33.3 Å². The summed E-state index contributed by atoms with van der Waals surface area (Å²) in [5, 5.41) is 3.03. The molecule has 0 heterocycles. The number of unbranched alkanes of at least 4 members (excludes halogenated alkanes) is 30. The van der Waals surface area contributed by atoms with Crippen molar-refractivity contribution in [3.05, 3.63) is 72.9 Å². The molecule has 3 unspecified atom stereocenters. The van der Waals surface area contributed by atoms with Gasteiger partial charge in [0.25, 0.3) is 7.82 Å². The SMILES string of the molecule is CC/C=C\C/C=C\C/C=C\C/C=C\C/C=C\CCCCCCCCCC(=O)OC(/C=C/CCCCCCCCCCCCC)C(COP(=O)([O-])OCC[N+](C)(C)C)NC(=O)CCCCCCCCCCCCCCC. The van der Waals surface area contributed by atoms with Crippen LogP contribution in [0, 0.1) is 0 Å². The van der Waals surface area contributed by atoms with E-state index in [-0.39, 0.29) is 24.9 Å². The molecule has 0 aromatic heterocycles. The Kier molecular flexibility index (Phi) is 52.9. The number of nitrogens with zero attached hydrogens (tertiary/aromatic N) is 1. The van der Waals surface area contributed by atoms with E-state index in [9.17, 15) is 19.0 Å². The first-order chi connectivity index (χ1) is 36.4. The maximum absolute atomic E-state index is 13.5. The summed E-state index contributed by atoms with van der Waals surface area (Å²) >= 11 is 0. The molecule has 0 bridgehead atoms. The lowest BCUT2D eigenvalue weighted by atomic mass is 10.0. The standard InChI is InChI=1S/C65H119N2O7P/c1-7-10-13-16-19-22-25-28-29-30-31-32-33-34-35-36-37-40-43-46-49-52-55-58-65(69)74-63(56-53-50-47-44-41-38-26-23-20-17-14-11-8-2)62(61-73-75(70,71)72-60-59-67(4,5)6)66-64(68)57-54-51-48-45-42-39-27-24-21-18-15-12-9-3/h10,13,19,22,28-29,31-32,34-35,53,56,62-63H,7-9,11-12,14-18,20-21,23-27,30,33,36-52,54-55,57-61H2,1-6H3,(H-,66,68,70,71)/b13-10-,22-19-,29-28-,32-31-,35-34-,56-53+. The molecular weight excluding hydrogens is 952 g/mol. The molecule has 10 heteroatoms. The van der Waals surface area contributed by atoms with Gasteiger partial charge in [0.2, 0.25) is 5.91 Å². The number of carbonyl (C=O) groups is 2. The lowest BCUT2D eigenvalue weighted by Gasteiger charge is -2.30. The van der Waals surface area contributed by atoms with Gasteiger partial charge in [0.1, 0.15) is 19.3 Å². The fourth-order valence-corrected chi connectivity index (χ4v) is 9.57. The molecule has 0 aromatic carbocycles. The summed E-state index contributed by atoms with van der Waals surface area (Å²) in [4.78, 5) is 40.0. The average molecular weight is 1070 g/mol. The van der Waals surface area contributed by atoms with Crippen LogP contribution in [0.3, 0.4) is 0 Å². The van der Waals surface area contributed by atoms with E-state index in [2.05, 4.69) is 86.8 Å². The number of nitrogens with one attached hydrogen (secondary N) is 1. The maximum Gasteiger partial charge on any atom is 0.306 e. The molecule has 0 aromatic rings.